The summed E-state index contributed by atoms with van der Waals surface area (Å²) in [6.45, 7) is 3.62. The molecule has 1 aromatic heterocycles. The molecule has 1 rings (SSSR count). The summed E-state index contributed by atoms with van der Waals surface area (Å²) in [5.41, 5.74) is 6.10. The molecule has 0 saturated carbocycles. The molecule has 0 unspecified atom stereocenters. The van der Waals surface area contributed by atoms with Crippen LogP contribution in [0, 0.1) is 11.3 Å². The average molecular weight is 313 g/mol. The van der Waals surface area contributed by atoms with Gasteiger partial charge < -0.3 is 15.8 Å². The van der Waals surface area contributed by atoms with E-state index in [9.17, 15) is 4.79 Å². The van der Waals surface area contributed by atoms with Crippen molar-refractivity contribution in [3.05, 3.63) is 11.6 Å². The minimum absolute atomic E-state index is 0.123. The highest BCUT2D eigenvalue weighted by Gasteiger charge is 2.14. The number of nitrogens with two attached hydrogens (primary N) is 1. The van der Waals surface area contributed by atoms with Crippen molar-refractivity contribution in [2.24, 2.45) is 0 Å². The third-order valence-corrected chi connectivity index (χ3v) is 2.37. The zero-order valence-electron chi connectivity index (χ0n) is 10.0. The highest BCUT2D eigenvalue weighted by Crippen LogP contribution is 2.25. The molecule has 0 spiro atoms. The van der Waals surface area contributed by atoms with Crippen molar-refractivity contribution in [1.82, 2.24) is 4.98 Å². The van der Waals surface area contributed by atoms with Gasteiger partial charge in [-0.3, -0.25) is 4.79 Å². The number of nitrogens with zero attached hydrogens (tertiary/aromatic N) is 2. The summed E-state index contributed by atoms with van der Waals surface area (Å²) in [7, 11) is 0. The summed E-state index contributed by atoms with van der Waals surface area (Å²) in [5.74, 6) is 0.117. The second-order valence-corrected chi connectivity index (χ2v) is 4.30. The van der Waals surface area contributed by atoms with Crippen LogP contribution in [0.15, 0.2) is 6.07 Å². The number of nitrogens with one attached hydrogen (secondary N) is 1. The van der Waals surface area contributed by atoms with E-state index < -0.39 is 0 Å². The Hall–Kier alpha value is -1.81. The van der Waals surface area contributed by atoms with E-state index >= 15 is 0 Å². The van der Waals surface area contributed by atoms with Crippen molar-refractivity contribution in [3.63, 3.8) is 0 Å². The van der Waals surface area contributed by atoms with Crippen LogP contribution in [0.2, 0.25) is 0 Å². The van der Waals surface area contributed by atoms with Gasteiger partial charge in [0.2, 0.25) is 11.8 Å². The van der Waals surface area contributed by atoms with Crippen LogP contribution in [-0.4, -0.2) is 22.3 Å². The summed E-state index contributed by atoms with van der Waals surface area (Å²) in [6, 6.07) is 3.35. The van der Waals surface area contributed by atoms with E-state index in [-0.39, 0.29) is 40.3 Å². The van der Waals surface area contributed by atoms with Gasteiger partial charge in [-0.15, -0.1) is 0 Å². The number of amides is 1. The van der Waals surface area contributed by atoms with E-state index in [0.29, 0.717) is 0 Å². The molecular formula is C11H13BrN4O2. The molecule has 0 aromatic carbocycles. The number of pyridine rings is 1. The van der Waals surface area contributed by atoms with Gasteiger partial charge >= 0.3 is 0 Å². The fourth-order valence-electron chi connectivity index (χ4n) is 1.20. The van der Waals surface area contributed by atoms with Gasteiger partial charge in [0, 0.05) is 6.07 Å². The Morgan fingerprint density at radius 3 is 2.89 bits per heavy atom. The fourth-order valence-corrected chi connectivity index (χ4v) is 1.34. The van der Waals surface area contributed by atoms with Gasteiger partial charge in [-0.2, -0.15) is 10.2 Å². The monoisotopic (exact) mass is 312 g/mol. The van der Waals surface area contributed by atoms with Crippen LogP contribution in [-0.2, 0) is 4.79 Å². The third-order valence-electron chi connectivity index (χ3n) is 1.86. The molecule has 0 aliphatic carbocycles. The van der Waals surface area contributed by atoms with E-state index in [2.05, 4.69) is 26.2 Å². The number of halogens is 1. The molecule has 1 aromatic rings. The number of rotatable bonds is 4. The molecule has 7 heteroatoms. The number of nitriles is 1. The molecule has 0 bridgehead atoms. The predicted molar refractivity (Wildman–Crippen MR) is 71.6 cm³/mol. The quantitative estimate of drug-likeness (QED) is 0.823. The largest absolute Gasteiger partial charge is 0.474 e. The van der Waals surface area contributed by atoms with Gasteiger partial charge in [0.25, 0.3) is 0 Å². The van der Waals surface area contributed by atoms with E-state index in [1.165, 1.54) is 6.07 Å². The lowest BCUT2D eigenvalue weighted by Crippen LogP contribution is -2.16. The number of hydrogen-bond donors (Lipinski definition) is 2. The van der Waals surface area contributed by atoms with E-state index in [0.717, 1.165) is 0 Å². The van der Waals surface area contributed by atoms with Crippen molar-refractivity contribution in [3.8, 4) is 11.9 Å². The second-order valence-electron chi connectivity index (χ2n) is 3.74. The van der Waals surface area contributed by atoms with Crippen molar-refractivity contribution >= 4 is 33.3 Å². The minimum atomic E-state index is -0.262. The molecule has 0 saturated heterocycles. The Labute approximate surface area is 113 Å². The number of aromatic nitrogens is 1. The fraction of sp³-hybridized carbons (Fsp3) is 0.364. The third kappa shape index (κ3) is 3.60. The van der Waals surface area contributed by atoms with E-state index in [1.807, 2.05) is 19.9 Å². The molecule has 0 aliphatic rings. The highest BCUT2D eigenvalue weighted by atomic mass is 79.9. The number of ether oxygens (including phenoxy) is 1. The van der Waals surface area contributed by atoms with Crippen molar-refractivity contribution < 1.29 is 9.53 Å². The number of hydrogen-bond acceptors (Lipinski definition) is 5. The van der Waals surface area contributed by atoms with E-state index in [1.54, 1.807) is 0 Å². The predicted octanol–water partition coefficient (Wildman–Crippen LogP) is 1.66. The maximum atomic E-state index is 11.2. The van der Waals surface area contributed by atoms with Crippen molar-refractivity contribution in [1.29, 1.82) is 5.26 Å². The molecule has 96 valence electrons. The first-order valence-electron chi connectivity index (χ1n) is 5.21. The standard InChI is InChI=1S/C11H13BrN4O2/c1-6(2)18-11-7(5-13)8(14)3-9(16-11)15-10(17)4-12/h3,6H,4H2,1-2H3,(H3,14,15,16,17). The second kappa shape index (κ2) is 6.21. The van der Waals surface area contributed by atoms with Crippen molar-refractivity contribution in [2.45, 2.75) is 20.0 Å². The molecule has 3 N–H and O–H groups in total. The maximum Gasteiger partial charge on any atom is 0.236 e. The maximum absolute atomic E-state index is 11.2. The molecule has 1 heterocycles. The van der Waals surface area contributed by atoms with Crippen molar-refractivity contribution in [2.75, 3.05) is 16.4 Å². The molecule has 0 atom stereocenters. The van der Waals surface area contributed by atoms with Gasteiger partial charge in [-0.05, 0) is 13.8 Å². The summed E-state index contributed by atoms with van der Waals surface area (Å²) in [4.78, 5) is 15.3. The van der Waals surface area contributed by atoms with Gasteiger partial charge in [0.15, 0.2) is 0 Å². The van der Waals surface area contributed by atoms with Gasteiger partial charge in [0.05, 0.1) is 17.1 Å². The molecule has 0 radical (unpaired) electrons. The molecule has 0 aliphatic heterocycles. The number of nitrogen functional groups attached to an aromatic ring is 1. The van der Waals surface area contributed by atoms with Crippen LogP contribution in [0.1, 0.15) is 19.4 Å². The zero-order valence-corrected chi connectivity index (χ0v) is 11.6. The molecular weight excluding hydrogens is 300 g/mol. The number of anilines is 2. The smallest absolute Gasteiger partial charge is 0.236 e. The molecule has 0 fully saturated rings. The normalized spacial score (nSPS) is 9.94. The summed E-state index contributed by atoms with van der Waals surface area (Å²) < 4.78 is 5.40. The first-order chi connectivity index (χ1) is 8.47. The summed E-state index contributed by atoms with van der Waals surface area (Å²) in [6.07, 6.45) is -0.147. The minimum Gasteiger partial charge on any atom is -0.474 e. The summed E-state index contributed by atoms with van der Waals surface area (Å²) in [5, 5.41) is 11.7. The van der Waals surface area contributed by atoms with Gasteiger partial charge in [-0.1, -0.05) is 15.9 Å². The highest BCUT2D eigenvalue weighted by molar-refractivity contribution is 9.09. The van der Waals surface area contributed by atoms with Crippen LogP contribution in [0.5, 0.6) is 5.88 Å². The first kappa shape index (κ1) is 14.3. The molecule has 1 amide bonds. The SMILES string of the molecule is CC(C)Oc1nc(NC(=O)CBr)cc(N)c1C#N. The average Bonchev–Trinajstić information content (AvgIpc) is 2.27. The Kier molecular flexibility index (Phi) is 4.92. The Morgan fingerprint density at radius 2 is 2.39 bits per heavy atom. The lowest BCUT2D eigenvalue weighted by atomic mass is 10.2. The van der Waals surface area contributed by atoms with E-state index in [4.69, 9.17) is 15.7 Å². The molecule has 6 nitrogen and oxygen atoms in total. The lowest BCUT2D eigenvalue weighted by molar-refractivity contribution is -0.113. The Balaban J connectivity index is 3.14. The van der Waals surface area contributed by atoms with Gasteiger partial charge in [-0.25, -0.2) is 0 Å². The number of alkyl halides is 1. The topological polar surface area (TPSA) is 101 Å². The number of carbonyl (C=O) groups is 1. The summed E-state index contributed by atoms with van der Waals surface area (Å²) >= 11 is 3.02. The molecule has 18 heavy (non-hydrogen) atoms. The lowest BCUT2D eigenvalue weighted by Gasteiger charge is -2.13. The Morgan fingerprint density at radius 1 is 1.72 bits per heavy atom. The Bertz CT molecular complexity index is 497. The van der Waals surface area contributed by atoms with Crippen LogP contribution in [0.4, 0.5) is 11.5 Å². The zero-order chi connectivity index (χ0) is 13.7. The first-order valence-corrected chi connectivity index (χ1v) is 6.33. The van der Waals surface area contributed by atoms with Crippen LogP contribution in [0.3, 0.4) is 0 Å². The van der Waals surface area contributed by atoms with Gasteiger partial charge in [0.1, 0.15) is 17.5 Å². The van der Waals surface area contributed by atoms with Crippen LogP contribution < -0.4 is 15.8 Å². The number of carbonyl (C=O) groups excluding carboxylic acids is 1. The van der Waals surface area contributed by atoms with Crippen LogP contribution >= 0.6 is 15.9 Å². The van der Waals surface area contributed by atoms with Crippen LogP contribution in [0.25, 0.3) is 0 Å².